The molecular formula is C18H20F2N2O2. The average molecular weight is 334 g/mol. The summed E-state index contributed by atoms with van der Waals surface area (Å²) in [7, 11) is 0. The van der Waals surface area contributed by atoms with E-state index in [2.05, 4.69) is 9.88 Å². The molecule has 0 amide bonds. The maximum absolute atomic E-state index is 13.9. The van der Waals surface area contributed by atoms with Crippen molar-refractivity contribution in [2.75, 3.05) is 13.1 Å². The van der Waals surface area contributed by atoms with E-state index < -0.39 is 5.82 Å². The number of aliphatic hydroxyl groups is 1. The van der Waals surface area contributed by atoms with Crippen LogP contribution in [0.3, 0.4) is 0 Å². The minimum atomic E-state index is -0.456. The summed E-state index contributed by atoms with van der Waals surface area (Å²) < 4.78 is 33.1. The number of ether oxygens (including phenoxy) is 1. The number of hydrogen-bond donors (Lipinski definition) is 1. The number of hydrogen-bond acceptors (Lipinski definition) is 4. The molecule has 0 spiro atoms. The molecule has 128 valence electrons. The molecule has 24 heavy (non-hydrogen) atoms. The van der Waals surface area contributed by atoms with Gasteiger partial charge in [-0.15, -0.1) is 0 Å². The molecule has 1 saturated heterocycles. The molecule has 0 atom stereocenters. The fourth-order valence-electron chi connectivity index (χ4n) is 2.89. The summed E-state index contributed by atoms with van der Waals surface area (Å²) in [6.07, 6.45) is 2.89. The molecule has 4 nitrogen and oxygen atoms in total. The second-order valence-electron chi connectivity index (χ2n) is 5.97. The summed E-state index contributed by atoms with van der Waals surface area (Å²) in [5.41, 5.74) is 1.28. The van der Waals surface area contributed by atoms with Gasteiger partial charge in [-0.2, -0.15) is 0 Å². The Morgan fingerprint density at radius 2 is 1.96 bits per heavy atom. The molecule has 1 aliphatic rings. The summed E-state index contributed by atoms with van der Waals surface area (Å²) in [4.78, 5) is 6.04. The van der Waals surface area contributed by atoms with E-state index in [0.29, 0.717) is 17.7 Å². The van der Waals surface area contributed by atoms with Crippen LogP contribution >= 0.6 is 0 Å². The molecule has 6 heteroatoms. The fraction of sp³-hybridized carbons (Fsp3) is 0.389. The standard InChI is InChI=1S/C18H20F2N2O2/c19-16-4-3-13(12-23)10-14(16)11-22-8-5-15(6-9-22)24-18-17(20)2-1-7-21-18/h1-4,7,10,15,23H,5-6,8-9,11-12H2. The average Bonchev–Trinajstić information content (AvgIpc) is 2.60. The summed E-state index contributed by atoms with van der Waals surface area (Å²) in [6.45, 7) is 1.87. The molecule has 2 aromatic rings. The molecule has 3 rings (SSSR count). The van der Waals surface area contributed by atoms with Crippen molar-refractivity contribution in [3.05, 3.63) is 59.3 Å². The van der Waals surface area contributed by atoms with Gasteiger partial charge in [-0.3, -0.25) is 4.90 Å². The summed E-state index contributed by atoms with van der Waals surface area (Å²) in [6, 6.07) is 7.52. The summed E-state index contributed by atoms with van der Waals surface area (Å²) >= 11 is 0. The van der Waals surface area contributed by atoms with Crippen LogP contribution in [-0.4, -0.2) is 34.2 Å². The van der Waals surface area contributed by atoms with E-state index in [0.717, 1.165) is 25.9 Å². The highest BCUT2D eigenvalue weighted by atomic mass is 19.1. The van der Waals surface area contributed by atoms with E-state index >= 15 is 0 Å². The third-order valence-corrected chi connectivity index (χ3v) is 4.22. The molecule has 1 aromatic heterocycles. The predicted molar refractivity (Wildman–Crippen MR) is 85.4 cm³/mol. The number of pyridine rings is 1. The van der Waals surface area contributed by atoms with Crippen LogP contribution in [0.4, 0.5) is 8.78 Å². The highest BCUT2D eigenvalue weighted by Gasteiger charge is 2.22. The maximum atomic E-state index is 13.9. The molecule has 1 N–H and O–H groups in total. The van der Waals surface area contributed by atoms with Gasteiger partial charge in [0.2, 0.25) is 0 Å². The van der Waals surface area contributed by atoms with E-state index in [1.54, 1.807) is 12.1 Å². The van der Waals surface area contributed by atoms with Crippen molar-refractivity contribution in [1.82, 2.24) is 9.88 Å². The summed E-state index contributed by atoms with van der Waals surface area (Å²) in [5, 5.41) is 9.17. The topological polar surface area (TPSA) is 45.6 Å². The number of aliphatic hydroxyl groups excluding tert-OH is 1. The molecule has 0 radical (unpaired) electrons. The van der Waals surface area contributed by atoms with Crippen molar-refractivity contribution < 1.29 is 18.6 Å². The lowest BCUT2D eigenvalue weighted by Gasteiger charge is -2.32. The van der Waals surface area contributed by atoms with E-state index in [1.807, 2.05) is 0 Å². The second kappa shape index (κ2) is 7.68. The third kappa shape index (κ3) is 4.07. The first-order chi connectivity index (χ1) is 11.7. The molecule has 2 heterocycles. The second-order valence-corrected chi connectivity index (χ2v) is 5.97. The molecule has 1 aromatic carbocycles. The molecule has 1 fully saturated rings. The number of aromatic nitrogens is 1. The first kappa shape index (κ1) is 16.8. The number of piperidine rings is 1. The van der Waals surface area contributed by atoms with Crippen LogP contribution in [0, 0.1) is 11.6 Å². The summed E-state index contributed by atoms with van der Waals surface area (Å²) in [5.74, 6) is -0.679. The van der Waals surface area contributed by atoms with Crippen LogP contribution in [0.15, 0.2) is 36.5 Å². The monoisotopic (exact) mass is 334 g/mol. The van der Waals surface area contributed by atoms with Crippen molar-refractivity contribution in [3.8, 4) is 5.88 Å². The van der Waals surface area contributed by atoms with Crippen molar-refractivity contribution >= 4 is 0 Å². The lowest BCUT2D eigenvalue weighted by atomic mass is 10.1. The van der Waals surface area contributed by atoms with E-state index in [4.69, 9.17) is 9.84 Å². The maximum Gasteiger partial charge on any atom is 0.250 e. The SMILES string of the molecule is OCc1ccc(F)c(CN2CCC(Oc3ncccc3F)CC2)c1. The van der Waals surface area contributed by atoms with Crippen molar-refractivity contribution in [2.45, 2.75) is 32.1 Å². The van der Waals surface area contributed by atoms with Gasteiger partial charge in [0, 0.05) is 31.4 Å². The van der Waals surface area contributed by atoms with Gasteiger partial charge in [0.1, 0.15) is 11.9 Å². The molecule has 1 aliphatic heterocycles. The quantitative estimate of drug-likeness (QED) is 0.913. The Morgan fingerprint density at radius 1 is 1.17 bits per heavy atom. The van der Waals surface area contributed by atoms with Gasteiger partial charge >= 0.3 is 0 Å². The van der Waals surface area contributed by atoms with Gasteiger partial charge in [0.15, 0.2) is 5.82 Å². The Labute approximate surface area is 139 Å². The Hall–Kier alpha value is -2.05. The van der Waals surface area contributed by atoms with Crippen molar-refractivity contribution in [1.29, 1.82) is 0 Å². The van der Waals surface area contributed by atoms with E-state index in [9.17, 15) is 8.78 Å². The fourth-order valence-corrected chi connectivity index (χ4v) is 2.89. The minimum Gasteiger partial charge on any atom is -0.472 e. The van der Waals surface area contributed by atoms with Gasteiger partial charge in [-0.1, -0.05) is 6.07 Å². The van der Waals surface area contributed by atoms with Crippen LogP contribution < -0.4 is 4.74 Å². The number of nitrogens with zero attached hydrogens (tertiary/aromatic N) is 2. The number of halogens is 2. The normalized spacial score (nSPS) is 16.3. The molecule has 0 bridgehead atoms. The third-order valence-electron chi connectivity index (χ3n) is 4.22. The first-order valence-electron chi connectivity index (χ1n) is 8.03. The largest absolute Gasteiger partial charge is 0.472 e. The van der Waals surface area contributed by atoms with E-state index in [-0.39, 0.29) is 24.4 Å². The van der Waals surface area contributed by atoms with Gasteiger partial charge in [-0.05, 0) is 42.7 Å². The zero-order chi connectivity index (χ0) is 16.9. The van der Waals surface area contributed by atoms with Crippen LogP contribution in [0.5, 0.6) is 5.88 Å². The number of likely N-dealkylation sites (tertiary alicyclic amines) is 1. The van der Waals surface area contributed by atoms with Crippen LogP contribution in [0.1, 0.15) is 24.0 Å². The Morgan fingerprint density at radius 3 is 2.67 bits per heavy atom. The Bertz CT molecular complexity index is 688. The van der Waals surface area contributed by atoms with Gasteiger partial charge in [-0.25, -0.2) is 13.8 Å². The Balaban J connectivity index is 1.55. The molecule has 0 saturated carbocycles. The first-order valence-corrected chi connectivity index (χ1v) is 8.03. The predicted octanol–water partition coefficient (Wildman–Crippen LogP) is 2.90. The smallest absolute Gasteiger partial charge is 0.250 e. The van der Waals surface area contributed by atoms with Gasteiger partial charge in [0.25, 0.3) is 5.88 Å². The number of rotatable bonds is 5. The van der Waals surface area contributed by atoms with Crippen LogP contribution in [0.2, 0.25) is 0 Å². The zero-order valence-electron chi connectivity index (χ0n) is 13.3. The van der Waals surface area contributed by atoms with Gasteiger partial charge < -0.3 is 9.84 Å². The lowest BCUT2D eigenvalue weighted by Crippen LogP contribution is -2.38. The van der Waals surface area contributed by atoms with Crippen LogP contribution in [0.25, 0.3) is 0 Å². The Kier molecular flexibility index (Phi) is 5.37. The highest BCUT2D eigenvalue weighted by Crippen LogP contribution is 2.21. The van der Waals surface area contributed by atoms with Gasteiger partial charge in [0.05, 0.1) is 6.61 Å². The van der Waals surface area contributed by atoms with E-state index in [1.165, 1.54) is 24.4 Å². The highest BCUT2D eigenvalue weighted by molar-refractivity contribution is 5.24. The minimum absolute atomic E-state index is 0.0395. The zero-order valence-corrected chi connectivity index (χ0v) is 13.3. The lowest BCUT2D eigenvalue weighted by molar-refractivity contribution is 0.0890. The molecular weight excluding hydrogens is 314 g/mol. The molecule has 0 aliphatic carbocycles. The molecule has 0 unspecified atom stereocenters. The number of benzene rings is 1. The van der Waals surface area contributed by atoms with Crippen molar-refractivity contribution in [3.63, 3.8) is 0 Å². The van der Waals surface area contributed by atoms with Crippen molar-refractivity contribution in [2.24, 2.45) is 0 Å². The van der Waals surface area contributed by atoms with Crippen LogP contribution in [-0.2, 0) is 13.2 Å².